The minimum Gasteiger partial charge on any atom is -0.301 e. The highest BCUT2D eigenvalue weighted by molar-refractivity contribution is 9.10. The maximum atomic E-state index is 11.4. The molecule has 0 atom stereocenters. The Morgan fingerprint density at radius 3 is 2.68 bits per heavy atom. The number of hydrogen-bond donors (Lipinski definition) is 0. The third kappa shape index (κ3) is 3.34. The monoisotopic (exact) mass is 363 g/mol. The molecule has 102 valence electrons. The molecule has 0 N–H and O–H groups in total. The summed E-state index contributed by atoms with van der Waals surface area (Å²) in [7, 11) is 1.45. The van der Waals surface area contributed by atoms with Crippen LogP contribution in [0.3, 0.4) is 0 Å². The van der Waals surface area contributed by atoms with Crippen molar-refractivity contribution in [3.05, 3.63) is 40.1 Å². The minimum atomic E-state index is -3.87. The van der Waals surface area contributed by atoms with Gasteiger partial charge in [0.25, 0.3) is 14.2 Å². The van der Waals surface area contributed by atoms with Gasteiger partial charge in [0.1, 0.15) is 5.82 Å². The van der Waals surface area contributed by atoms with Crippen LogP contribution in [0.4, 0.5) is 0 Å². The van der Waals surface area contributed by atoms with Crippen molar-refractivity contribution in [3.63, 3.8) is 0 Å². The lowest BCUT2D eigenvalue weighted by Gasteiger charge is -2.06. The highest BCUT2D eigenvalue weighted by Crippen LogP contribution is 2.18. The van der Waals surface area contributed by atoms with Crippen LogP contribution >= 0.6 is 26.6 Å². The van der Waals surface area contributed by atoms with Crippen LogP contribution in [0.15, 0.2) is 33.9 Å². The van der Waals surface area contributed by atoms with E-state index in [2.05, 4.69) is 26.1 Å². The van der Waals surface area contributed by atoms with Gasteiger partial charge in [-0.1, -0.05) is 28.1 Å². The zero-order valence-corrected chi connectivity index (χ0v) is 13.2. The Morgan fingerprint density at radius 2 is 2.11 bits per heavy atom. The van der Waals surface area contributed by atoms with E-state index in [0.29, 0.717) is 18.8 Å². The zero-order valence-electron chi connectivity index (χ0n) is 10.0. The van der Waals surface area contributed by atoms with Gasteiger partial charge in [-0.25, -0.2) is 8.42 Å². The van der Waals surface area contributed by atoms with Gasteiger partial charge in [-0.2, -0.15) is 0 Å². The summed E-state index contributed by atoms with van der Waals surface area (Å²) in [5.74, 6) is 0.569. The van der Waals surface area contributed by atoms with Crippen molar-refractivity contribution in [1.82, 2.24) is 14.8 Å². The van der Waals surface area contributed by atoms with Gasteiger partial charge < -0.3 is 4.57 Å². The summed E-state index contributed by atoms with van der Waals surface area (Å²) in [5, 5.41) is 7.36. The molecule has 0 bridgehead atoms. The quantitative estimate of drug-likeness (QED) is 0.782. The van der Waals surface area contributed by atoms with Crippen molar-refractivity contribution in [2.24, 2.45) is 0 Å². The van der Waals surface area contributed by atoms with Gasteiger partial charge in [0, 0.05) is 28.1 Å². The number of nitrogens with zero attached hydrogens (tertiary/aromatic N) is 3. The van der Waals surface area contributed by atoms with E-state index >= 15 is 0 Å². The fourth-order valence-electron chi connectivity index (χ4n) is 1.78. The molecule has 2 rings (SSSR count). The summed E-state index contributed by atoms with van der Waals surface area (Å²) in [6.07, 6.45) is 0.493. The summed E-state index contributed by atoms with van der Waals surface area (Å²) in [6, 6.07) is 7.71. The molecule has 5 nitrogen and oxygen atoms in total. The first kappa shape index (κ1) is 14.5. The predicted octanol–water partition coefficient (Wildman–Crippen LogP) is 2.58. The molecule has 0 saturated heterocycles. The van der Waals surface area contributed by atoms with Crippen molar-refractivity contribution in [2.75, 3.05) is 0 Å². The van der Waals surface area contributed by atoms with Crippen LogP contribution in [0.2, 0.25) is 0 Å². The first-order valence-corrected chi connectivity index (χ1v) is 8.63. The van der Waals surface area contributed by atoms with E-state index in [4.69, 9.17) is 10.7 Å². The van der Waals surface area contributed by atoms with Crippen LogP contribution in [0.5, 0.6) is 0 Å². The number of aromatic nitrogens is 3. The Balaban J connectivity index is 2.39. The average Bonchev–Trinajstić information content (AvgIpc) is 2.71. The molecule has 1 aromatic heterocycles. The Morgan fingerprint density at radius 1 is 1.37 bits per heavy atom. The van der Waals surface area contributed by atoms with Crippen molar-refractivity contribution in [1.29, 1.82) is 0 Å². The first-order valence-electron chi connectivity index (χ1n) is 5.53. The maximum absolute atomic E-state index is 11.4. The number of benzene rings is 1. The minimum absolute atomic E-state index is 0.207. The lowest BCUT2D eigenvalue weighted by molar-refractivity contribution is 0.576. The molecule has 1 heterocycles. The molecule has 19 heavy (non-hydrogen) atoms. The van der Waals surface area contributed by atoms with E-state index in [1.165, 1.54) is 4.57 Å². The number of rotatable bonds is 4. The molecule has 0 unspecified atom stereocenters. The molecule has 0 saturated carbocycles. The highest BCUT2D eigenvalue weighted by Gasteiger charge is 2.21. The molecule has 0 aliphatic carbocycles. The van der Waals surface area contributed by atoms with Gasteiger partial charge >= 0.3 is 0 Å². The van der Waals surface area contributed by atoms with Gasteiger partial charge in [0.15, 0.2) is 0 Å². The maximum Gasteiger partial charge on any atom is 0.296 e. The largest absolute Gasteiger partial charge is 0.301 e. The SMILES string of the molecule is CCn1c(Cc2cccc(Br)c2)nnc1S(=O)(=O)Cl. The first-order chi connectivity index (χ1) is 8.91. The fourth-order valence-corrected chi connectivity index (χ4v) is 3.20. The Bertz CT molecular complexity index is 700. The predicted molar refractivity (Wildman–Crippen MR) is 75.7 cm³/mol. The van der Waals surface area contributed by atoms with Gasteiger partial charge in [-0.05, 0) is 24.6 Å². The Kier molecular flexibility index (Phi) is 4.27. The summed E-state index contributed by atoms with van der Waals surface area (Å²) in [6.45, 7) is 2.26. The molecule has 2 aromatic rings. The van der Waals surface area contributed by atoms with Gasteiger partial charge in [0.05, 0.1) is 0 Å². The second-order valence-corrected chi connectivity index (χ2v) is 7.26. The smallest absolute Gasteiger partial charge is 0.296 e. The molecule has 0 spiro atoms. The standard InChI is InChI=1S/C11H11BrClN3O2S/c1-2-16-10(14-15-11(16)19(13,17)18)7-8-4-3-5-9(12)6-8/h3-6H,2,7H2,1H3. The summed E-state index contributed by atoms with van der Waals surface area (Å²) >= 11 is 3.39. The van der Waals surface area contributed by atoms with Crippen LogP contribution in [0.25, 0.3) is 0 Å². The van der Waals surface area contributed by atoms with Crippen LogP contribution < -0.4 is 0 Å². The van der Waals surface area contributed by atoms with Crippen LogP contribution in [0.1, 0.15) is 18.3 Å². The van der Waals surface area contributed by atoms with Crippen molar-refractivity contribution >= 4 is 35.7 Å². The van der Waals surface area contributed by atoms with Crippen molar-refractivity contribution < 1.29 is 8.42 Å². The summed E-state index contributed by atoms with van der Waals surface area (Å²) in [4.78, 5) is 0. The molecule has 0 fully saturated rings. The van der Waals surface area contributed by atoms with E-state index in [9.17, 15) is 8.42 Å². The third-order valence-electron chi connectivity index (χ3n) is 2.58. The lowest BCUT2D eigenvalue weighted by atomic mass is 10.1. The van der Waals surface area contributed by atoms with E-state index in [1.807, 2.05) is 31.2 Å². The summed E-state index contributed by atoms with van der Waals surface area (Å²) < 4.78 is 25.2. The third-order valence-corrected chi connectivity index (χ3v) is 4.22. The fraction of sp³-hybridized carbons (Fsp3) is 0.273. The van der Waals surface area contributed by atoms with Crippen LogP contribution in [-0.4, -0.2) is 23.2 Å². The zero-order chi connectivity index (χ0) is 14.0. The second kappa shape index (κ2) is 5.60. The molecular formula is C11H11BrClN3O2S. The Hall–Kier alpha value is -0.920. The lowest BCUT2D eigenvalue weighted by Crippen LogP contribution is -2.08. The van der Waals surface area contributed by atoms with Crippen LogP contribution in [0, 0.1) is 0 Å². The molecule has 0 aliphatic rings. The van der Waals surface area contributed by atoms with Gasteiger partial charge in [0.2, 0.25) is 0 Å². The normalized spacial score (nSPS) is 11.7. The molecule has 0 radical (unpaired) electrons. The van der Waals surface area contributed by atoms with E-state index in [1.54, 1.807) is 0 Å². The molecular weight excluding hydrogens is 354 g/mol. The number of hydrogen-bond acceptors (Lipinski definition) is 4. The average molecular weight is 365 g/mol. The highest BCUT2D eigenvalue weighted by atomic mass is 79.9. The van der Waals surface area contributed by atoms with Gasteiger partial charge in [-0.15, -0.1) is 10.2 Å². The topological polar surface area (TPSA) is 64.8 Å². The molecule has 0 amide bonds. The van der Waals surface area contributed by atoms with Crippen molar-refractivity contribution in [2.45, 2.75) is 25.0 Å². The van der Waals surface area contributed by atoms with E-state index < -0.39 is 9.05 Å². The Labute approximate surface area is 124 Å². The second-order valence-electron chi connectivity index (χ2n) is 3.89. The van der Waals surface area contributed by atoms with Crippen molar-refractivity contribution in [3.8, 4) is 0 Å². The van der Waals surface area contributed by atoms with Gasteiger partial charge in [-0.3, -0.25) is 0 Å². The summed E-state index contributed by atoms with van der Waals surface area (Å²) in [5.41, 5.74) is 1.01. The number of halogens is 2. The van der Waals surface area contributed by atoms with E-state index in [-0.39, 0.29) is 5.16 Å². The van der Waals surface area contributed by atoms with E-state index in [0.717, 1.165) is 10.0 Å². The molecule has 1 aromatic carbocycles. The van der Waals surface area contributed by atoms with Crippen LogP contribution in [-0.2, 0) is 22.0 Å². The molecule has 8 heteroatoms. The molecule has 0 aliphatic heterocycles.